The molecule has 0 atom stereocenters. The molecule has 2 aromatic carbocycles. The van der Waals surface area contributed by atoms with Crippen molar-refractivity contribution < 1.29 is 17.7 Å². The first-order chi connectivity index (χ1) is 14.7. The van der Waals surface area contributed by atoms with Gasteiger partial charge < -0.3 is 17.7 Å². The van der Waals surface area contributed by atoms with Gasteiger partial charge in [-0.05, 0) is 36.2 Å². The van der Waals surface area contributed by atoms with Gasteiger partial charge in [0.2, 0.25) is 0 Å². The molecule has 2 aromatic rings. The lowest BCUT2D eigenvalue weighted by Crippen LogP contribution is -2.63. The summed E-state index contributed by atoms with van der Waals surface area (Å²) in [7, 11) is -0.247. The van der Waals surface area contributed by atoms with E-state index in [-0.39, 0.29) is 0 Å². The third-order valence-electron chi connectivity index (χ3n) is 5.53. The van der Waals surface area contributed by atoms with Crippen LogP contribution in [0.1, 0.15) is 39.5 Å². The van der Waals surface area contributed by atoms with Crippen molar-refractivity contribution in [3.05, 3.63) is 60.7 Å². The van der Waals surface area contributed by atoms with Gasteiger partial charge in [0.1, 0.15) is 0 Å². The molecule has 0 heterocycles. The summed E-state index contributed by atoms with van der Waals surface area (Å²) in [5.41, 5.74) is 0. The van der Waals surface area contributed by atoms with Gasteiger partial charge in [-0.2, -0.15) is 0 Å². The summed E-state index contributed by atoms with van der Waals surface area (Å²) in [6.45, 7) is 5.34. The van der Waals surface area contributed by atoms with Crippen LogP contribution in [0.2, 0.25) is 6.04 Å². The quantitative estimate of drug-likeness (QED) is 0.517. The van der Waals surface area contributed by atoms with Crippen LogP contribution in [-0.2, 0) is 17.7 Å². The summed E-state index contributed by atoms with van der Waals surface area (Å²) in [5.74, 6) is 0.909. The zero-order chi connectivity index (χ0) is 21.7. The van der Waals surface area contributed by atoms with Crippen molar-refractivity contribution in [2.75, 3.05) is 27.4 Å². The molecule has 0 aliphatic heterocycles. The van der Waals surface area contributed by atoms with Gasteiger partial charge >= 0.3 is 17.8 Å². The molecule has 166 valence electrons. The van der Waals surface area contributed by atoms with Crippen LogP contribution in [0, 0.1) is 5.92 Å². The molecule has 0 N–H and O–H groups in total. The van der Waals surface area contributed by atoms with Crippen LogP contribution in [-0.4, -0.2) is 45.3 Å². The van der Waals surface area contributed by atoms with Crippen LogP contribution in [0.3, 0.4) is 0 Å². The first-order valence-electron chi connectivity index (χ1n) is 11.1. The van der Waals surface area contributed by atoms with E-state index in [4.69, 9.17) is 17.7 Å². The van der Waals surface area contributed by atoms with Crippen LogP contribution in [0.15, 0.2) is 60.7 Å². The van der Waals surface area contributed by atoms with E-state index in [1.54, 1.807) is 14.2 Å². The molecule has 0 unspecified atom stereocenters. The lowest BCUT2D eigenvalue weighted by Gasteiger charge is -2.30. The van der Waals surface area contributed by atoms with Gasteiger partial charge in [0.15, 0.2) is 0 Å². The van der Waals surface area contributed by atoms with E-state index < -0.39 is 17.8 Å². The van der Waals surface area contributed by atoms with Crippen LogP contribution in [0.5, 0.6) is 0 Å². The molecule has 0 spiro atoms. The fourth-order valence-electron chi connectivity index (χ4n) is 4.07. The third kappa shape index (κ3) is 7.15. The smallest absolute Gasteiger partial charge is 0.400 e. The zero-order valence-corrected chi connectivity index (χ0v) is 21.2. The maximum Gasteiger partial charge on any atom is 0.407 e. The Labute approximate surface area is 185 Å². The summed E-state index contributed by atoms with van der Waals surface area (Å²) in [5, 5.41) is 2.31. The molecular weight excluding hydrogens is 408 g/mol. The Morgan fingerprint density at radius 3 is 1.57 bits per heavy atom. The molecule has 0 aromatic heterocycles. The molecule has 30 heavy (non-hydrogen) atoms. The lowest BCUT2D eigenvalue weighted by molar-refractivity contribution is 0.208. The molecule has 0 radical (unpaired) electrons. The molecule has 4 nitrogen and oxygen atoms in total. The Morgan fingerprint density at radius 2 is 1.20 bits per heavy atom. The summed E-state index contributed by atoms with van der Waals surface area (Å²) in [6, 6.07) is 21.8. The molecule has 3 rings (SSSR count). The van der Waals surface area contributed by atoms with Gasteiger partial charge in [0.05, 0.1) is 0 Å². The van der Waals surface area contributed by atoms with Crippen LogP contribution in [0.4, 0.5) is 0 Å². The van der Waals surface area contributed by atoms with E-state index in [1.807, 2.05) is 50.2 Å². The second kappa shape index (κ2) is 13.9. The normalized spacial score (nSPS) is 14.6. The Kier molecular flexibility index (Phi) is 11.6. The maximum absolute atomic E-state index is 6.16. The second-order valence-electron chi connectivity index (χ2n) is 7.50. The van der Waals surface area contributed by atoms with Gasteiger partial charge in [-0.15, -0.1) is 0 Å². The molecule has 1 aliphatic rings. The van der Waals surface area contributed by atoms with Crippen molar-refractivity contribution in [1.29, 1.82) is 0 Å². The number of rotatable bonds is 10. The molecule has 0 bridgehead atoms. The first kappa shape index (κ1) is 25.0. The Hall–Kier alpha value is -1.29. The number of benzene rings is 2. The topological polar surface area (TPSA) is 36.9 Å². The minimum atomic E-state index is -2.55. The maximum atomic E-state index is 6.16. The molecule has 0 amide bonds. The van der Waals surface area contributed by atoms with Gasteiger partial charge in [-0.3, -0.25) is 0 Å². The molecule has 1 aliphatic carbocycles. The summed E-state index contributed by atoms with van der Waals surface area (Å²) >= 11 is 0. The Bertz CT molecular complexity index is 627. The van der Waals surface area contributed by atoms with E-state index in [0.717, 1.165) is 16.3 Å². The number of hydrogen-bond acceptors (Lipinski definition) is 4. The van der Waals surface area contributed by atoms with Crippen LogP contribution < -0.4 is 10.4 Å². The lowest BCUT2D eigenvalue weighted by atomic mass is 10.1. The van der Waals surface area contributed by atoms with Crippen LogP contribution >= 0.6 is 0 Å². The standard InChI is InChI=1S/C16H20O2Si.C8H18O2Si/c1-3-17-19(18-4-2,15-11-7-5-8-12-15)16-13-9-6-10-14-16;1-9-11(10-2)7-8-5-3-4-6-8/h5-14H,3-4H2,1-2H3;8,11H,3-7H2,1-2H3. The van der Waals surface area contributed by atoms with E-state index in [2.05, 4.69) is 24.3 Å². The van der Waals surface area contributed by atoms with Gasteiger partial charge in [0, 0.05) is 27.4 Å². The largest absolute Gasteiger partial charge is 0.407 e. The Morgan fingerprint density at radius 1 is 0.767 bits per heavy atom. The molecule has 6 heteroatoms. The first-order valence-corrected chi connectivity index (χ1v) is 14.7. The van der Waals surface area contributed by atoms with Crippen molar-refractivity contribution in [3.8, 4) is 0 Å². The van der Waals surface area contributed by atoms with E-state index in [9.17, 15) is 0 Å². The SMILES string of the molecule is CCO[Si](OCC)(c1ccccc1)c1ccccc1.CO[SiH](CC1CCCC1)OC. The molecule has 0 saturated heterocycles. The number of hydrogen-bond donors (Lipinski definition) is 0. The highest BCUT2D eigenvalue weighted by molar-refractivity contribution is 6.92. The van der Waals surface area contributed by atoms with Gasteiger partial charge in [-0.25, -0.2) is 0 Å². The fraction of sp³-hybridized carbons (Fsp3) is 0.500. The third-order valence-corrected chi connectivity index (χ3v) is 11.2. The van der Waals surface area contributed by atoms with Gasteiger partial charge in [0.25, 0.3) is 0 Å². The average Bonchev–Trinajstić information content (AvgIpc) is 3.32. The van der Waals surface area contributed by atoms with E-state index >= 15 is 0 Å². The minimum Gasteiger partial charge on any atom is -0.400 e. The summed E-state index contributed by atoms with van der Waals surface area (Å²) in [6.07, 6.45) is 5.63. The second-order valence-corrected chi connectivity index (χ2v) is 12.7. The minimum absolute atomic E-state index is 0.649. The highest BCUT2D eigenvalue weighted by atomic mass is 28.4. The van der Waals surface area contributed by atoms with Gasteiger partial charge in [-0.1, -0.05) is 86.3 Å². The average molecular weight is 447 g/mol. The van der Waals surface area contributed by atoms with Crippen molar-refractivity contribution in [1.82, 2.24) is 0 Å². The fourth-order valence-corrected chi connectivity index (χ4v) is 8.82. The van der Waals surface area contributed by atoms with Crippen LogP contribution in [0.25, 0.3) is 0 Å². The van der Waals surface area contributed by atoms with E-state index in [1.165, 1.54) is 31.7 Å². The van der Waals surface area contributed by atoms with Crippen molar-refractivity contribution in [3.63, 3.8) is 0 Å². The Balaban J connectivity index is 0.000000248. The molecule has 1 fully saturated rings. The molecular formula is C24H38O4Si2. The predicted molar refractivity (Wildman–Crippen MR) is 129 cm³/mol. The summed E-state index contributed by atoms with van der Waals surface area (Å²) < 4.78 is 22.9. The van der Waals surface area contributed by atoms with Crippen molar-refractivity contribution >= 4 is 28.2 Å². The monoisotopic (exact) mass is 446 g/mol. The molecule has 1 saturated carbocycles. The van der Waals surface area contributed by atoms with Crippen molar-refractivity contribution in [2.45, 2.75) is 45.6 Å². The van der Waals surface area contributed by atoms with E-state index in [0.29, 0.717) is 13.2 Å². The predicted octanol–water partition coefficient (Wildman–Crippen LogP) is 4.01. The van der Waals surface area contributed by atoms with Crippen molar-refractivity contribution in [2.24, 2.45) is 5.92 Å². The zero-order valence-electron chi connectivity index (χ0n) is 19.0. The highest BCUT2D eigenvalue weighted by Crippen LogP contribution is 2.29. The highest BCUT2D eigenvalue weighted by Gasteiger charge is 2.41. The summed E-state index contributed by atoms with van der Waals surface area (Å²) in [4.78, 5) is 0.